The van der Waals surface area contributed by atoms with Crippen LogP contribution >= 0.6 is 11.3 Å². The third kappa shape index (κ3) is 2.09. The van der Waals surface area contributed by atoms with Crippen molar-refractivity contribution in [3.05, 3.63) is 58.2 Å². The lowest BCUT2D eigenvalue weighted by atomic mass is 9.97. The second kappa shape index (κ2) is 5.14. The van der Waals surface area contributed by atoms with E-state index in [1.54, 1.807) is 19.2 Å². The highest BCUT2D eigenvalue weighted by Gasteiger charge is 2.16. The van der Waals surface area contributed by atoms with Crippen molar-refractivity contribution in [2.75, 3.05) is 7.11 Å². The van der Waals surface area contributed by atoms with Gasteiger partial charge in [-0.15, -0.1) is 11.3 Å². The van der Waals surface area contributed by atoms with Gasteiger partial charge in [-0.1, -0.05) is 12.1 Å². The summed E-state index contributed by atoms with van der Waals surface area (Å²) in [5.74, 6) is 0.935. The summed E-state index contributed by atoms with van der Waals surface area (Å²) in [6, 6.07) is 12.6. The number of rotatable bonds is 2. The molecule has 0 bridgehead atoms. The van der Waals surface area contributed by atoms with Crippen LogP contribution in [0.3, 0.4) is 0 Å². The average molecular weight is 323 g/mol. The molecule has 0 saturated carbocycles. The first-order valence-electron chi connectivity index (χ1n) is 7.08. The first-order valence-corrected chi connectivity index (χ1v) is 7.96. The summed E-state index contributed by atoms with van der Waals surface area (Å²) in [7, 11) is 1.63. The predicted molar refractivity (Wildman–Crippen MR) is 93.6 cm³/mol. The zero-order valence-corrected chi connectivity index (χ0v) is 13.1. The lowest BCUT2D eigenvalue weighted by Crippen LogP contribution is -2.05. The quantitative estimate of drug-likeness (QED) is 0.583. The Kier molecular flexibility index (Phi) is 3.09. The number of ether oxygens (including phenoxy) is 1. The molecule has 0 fully saturated rings. The van der Waals surface area contributed by atoms with Gasteiger partial charge in [0.25, 0.3) is 5.56 Å². The van der Waals surface area contributed by atoms with E-state index in [0.29, 0.717) is 4.70 Å². The zero-order valence-electron chi connectivity index (χ0n) is 12.3. The number of fused-ring (bicyclic) bond motifs is 3. The minimum absolute atomic E-state index is 0.0793. The monoisotopic (exact) mass is 323 g/mol. The molecule has 0 aliphatic heterocycles. The number of aromatic nitrogens is 1. The summed E-state index contributed by atoms with van der Waals surface area (Å²) in [4.78, 5) is 15.1. The lowest BCUT2D eigenvalue weighted by Gasteiger charge is -2.13. The minimum atomic E-state index is -0.0793. The van der Waals surface area contributed by atoms with E-state index in [9.17, 15) is 9.90 Å². The summed E-state index contributed by atoms with van der Waals surface area (Å²) in [5.41, 5.74) is 2.52. The first kappa shape index (κ1) is 13.8. The second-order valence-electron chi connectivity index (χ2n) is 5.23. The minimum Gasteiger partial charge on any atom is -0.508 e. The predicted octanol–water partition coefficient (Wildman–Crippen LogP) is 4.12. The fraction of sp³-hybridized carbons (Fsp3) is 0.0556. The van der Waals surface area contributed by atoms with Crippen molar-refractivity contribution in [2.24, 2.45) is 0 Å². The maximum absolute atomic E-state index is 12.2. The molecule has 0 radical (unpaired) electrons. The maximum Gasteiger partial charge on any atom is 0.266 e. The molecule has 0 aliphatic rings. The van der Waals surface area contributed by atoms with Crippen LogP contribution in [0.4, 0.5) is 0 Å². The second-order valence-corrected chi connectivity index (χ2v) is 6.15. The molecular weight excluding hydrogens is 310 g/mol. The highest BCUT2D eigenvalue weighted by Crippen LogP contribution is 2.40. The molecule has 0 atom stereocenters. The molecule has 114 valence electrons. The van der Waals surface area contributed by atoms with Gasteiger partial charge in [0.1, 0.15) is 16.2 Å². The van der Waals surface area contributed by atoms with Crippen molar-refractivity contribution < 1.29 is 9.84 Å². The van der Waals surface area contributed by atoms with Crippen LogP contribution in [0.5, 0.6) is 11.5 Å². The topological polar surface area (TPSA) is 62.3 Å². The summed E-state index contributed by atoms with van der Waals surface area (Å²) < 4.78 is 6.24. The van der Waals surface area contributed by atoms with Crippen molar-refractivity contribution in [1.29, 1.82) is 0 Å². The van der Waals surface area contributed by atoms with Gasteiger partial charge in [0.05, 0.1) is 7.11 Å². The number of thiophene rings is 1. The van der Waals surface area contributed by atoms with Gasteiger partial charge in [-0.3, -0.25) is 4.79 Å². The molecule has 4 aromatic rings. The third-order valence-electron chi connectivity index (χ3n) is 3.93. The molecule has 0 amide bonds. The molecule has 0 unspecified atom stereocenters. The SMILES string of the molecule is COc1ccc2[nH]c(=O)c3sccc3c2c1-c1ccc(O)cc1. The molecule has 4 nitrogen and oxygen atoms in total. The van der Waals surface area contributed by atoms with Gasteiger partial charge in [-0.25, -0.2) is 0 Å². The van der Waals surface area contributed by atoms with E-state index in [1.165, 1.54) is 11.3 Å². The van der Waals surface area contributed by atoms with E-state index < -0.39 is 0 Å². The van der Waals surface area contributed by atoms with Crippen LogP contribution in [0.15, 0.2) is 52.6 Å². The van der Waals surface area contributed by atoms with Crippen LogP contribution in [0.25, 0.3) is 32.1 Å². The number of aromatic hydroxyl groups is 1. The maximum atomic E-state index is 12.2. The molecule has 2 N–H and O–H groups in total. The van der Waals surface area contributed by atoms with E-state index >= 15 is 0 Å². The number of hydrogen-bond donors (Lipinski definition) is 2. The van der Waals surface area contributed by atoms with Gasteiger partial charge >= 0.3 is 0 Å². The van der Waals surface area contributed by atoms with Gasteiger partial charge in [-0.05, 0) is 41.3 Å². The van der Waals surface area contributed by atoms with E-state index in [1.807, 2.05) is 35.7 Å². The van der Waals surface area contributed by atoms with Crippen molar-refractivity contribution in [1.82, 2.24) is 4.98 Å². The average Bonchev–Trinajstić information content (AvgIpc) is 3.05. The molecular formula is C18H13NO3S. The highest BCUT2D eigenvalue weighted by molar-refractivity contribution is 7.17. The molecule has 4 rings (SSSR count). The molecule has 0 aliphatic carbocycles. The molecule has 23 heavy (non-hydrogen) atoms. The van der Waals surface area contributed by atoms with E-state index in [2.05, 4.69) is 4.98 Å². The summed E-state index contributed by atoms with van der Waals surface area (Å²) in [6.45, 7) is 0. The number of nitrogens with one attached hydrogen (secondary N) is 1. The summed E-state index contributed by atoms with van der Waals surface area (Å²) in [5, 5.41) is 13.3. The van der Waals surface area contributed by atoms with Crippen molar-refractivity contribution in [3.63, 3.8) is 0 Å². The number of methoxy groups -OCH3 is 1. The molecule has 2 aromatic carbocycles. The van der Waals surface area contributed by atoms with E-state index in [4.69, 9.17) is 4.74 Å². The van der Waals surface area contributed by atoms with Gasteiger partial charge in [0.2, 0.25) is 0 Å². The van der Waals surface area contributed by atoms with Crippen molar-refractivity contribution in [3.8, 4) is 22.6 Å². The van der Waals surface area contributed by atoms with E-state index in [-0.39, 0.29) is 11.3 Å². The van der Waals surface area contributed by atoms with Gasteiger partial charge < -0.3 is 14.8 Å². The number of hydrogen-bond acceptors (Lipinski definition) is 4. The van der Waals surface area contributed by atoms with Crippen LogP contribution in [-0.2, 0) is 0 Å². The van der Waals surface area contributed by atoms with Crippen LogP contribution in [0.1, 0.15) is 0 Å². The molecule has 2 aromatic heterocycles. The number of benzene rings is 2. The molecule has 5 heteroatoms. The van der Waals surface area contributed by atoms with Crippen molar-refractivity contribution >= 4 is 32.3 Å². The van der Waals surface area contributed by atoms with Crippen LogP contribution in [-0.4, -0.2) is 17.2 Å². The summed E-state index contributed by atoms with van der Waals surface area (Å²) in [6.07, 6.45) is 0. The molecule has 2 heterocycles. The Bertz CT molecular complexity index is 1080. The Morgan fingerprint density at radius 1 is 1.09 bits per heavy atom. The van der Waals surface area contributed by atoms with Gasteiger partial charge in [-0.2, -0.15) is 0 Å². The van der Waals surface area contributed by atoms with Crippen molar-refractivity contribution in [2.45, 2.75) is 0 Å². The summed E-state index contributed by atoms with van der Waals surface area (Å²) >= 11 is 1.42. The number of aromatic amines is 1. The first-order chi connectivity index (χ1) is 11.2. The van der Waals surface area contributed by atoms with Crippen LogP contribution in [0.2, 0.25) is 0 Å². The Morgan fingerprint density at radius 2 is 1.87 bits per heavy atom. The Hall–Kier alpha value is -2.79. The third-order valence-corrected chi connectivity index (χ3v) is 4.85. The lowest BCUT2D eigenvalue weighted by molar-refractivity contribution is 0.417. The highest BCUT2D eigenvalue weighted by atomic mass is 32.1. The zero-order chi connectivity index (χ0) is 16.0. The fourth-order valence-corrected chi connectivity index (χ4v) is 3.71. The Balaban J connectivity index is 2.21. The van der Waals surface area contributed by atoms with Crippen LogP contribution in [0, 0.1) is 0 Å². The van der Waals surface area contributed by atoms with Gasteiger partial charge in [0.15, 0.2) is 0 Å². The Morgan fingerprint density at radius 3 is 2.61 bits per heavy atom. The fourth-order valence-electron chi connectivity index (χ4n) is 2.91. The standard InChI is InChI=1S/C18H13NO3S/c1-22-14-7-6-13-16(12-8-9-23-17(12)18(21)19-13)15(14)10-2-4-11(20)5-3-10/h2-9,20H,1H3,(H,19,21). The number of phenols is 1. The molecule has 0 saturated heterocycles. The van der Waals surface area contributed by atoms with E-state index in [0.717, 1.165) is 33.2 Å². The largest absolute Gasteiger partial charge is 0.508 e. The smallest absolute Gasteiger partial charge is 0.266 e. The Labute approximate surface area is 135 Å². The normalized spacial score (nSPS) is 11.2. The number of phenolic OH excluding ortho intramolecular Hbond substituents is 1. The number of pyridine rings is 1. The molecule has 0 spiro atoms. The van der Waals surface area contributed by atoms with Crippen LogP contribution < -0.4 is 10.3 Å². The van der Waals surface area contributed by atoms with Gasteiger partial charge in [0, 0.05) is 21.9 Å². The number of H-pyrrole nitrogens is 1.